The van der Waals surface area contributed by atoms with E-state index in [1.807, 2.05) is 11.9 Å². The van der Waals surface area contributed by atoms with Crippen LogP contribution in [0.5, 0.6) is 0 Å². The van der Waals surface area contributed by atoms with Gasteiger partial charge in [0.05, 0.1) is 28.0 Å². The van der Waals surface area contributed by atoms with E-state index in [-0.39, 0.29) is 17.2 Å². The van der Waals surface area contributed by atoms with Crippen molar-refractivity contribution in [2.24, 2.45) is 0 Å². The van der Waals surface area contributed by atoms with Crippen molar-refractivity contribution >= 4 is 34.1 Å². The number of piperazine rings is 1. The molecular weight excluding hydrogens is 500 g/mol. The van der Waals surface area contributed by atoms with Gasteiger partial charge in [-0.2, -0.15) is 13.2 Å². The second kappa shape index (κ2) is 9.90. The molecule has 3 aromatic carbocycles. The van der Waals surface area contributed by atoms with Gasteiger partial charge in [0, 0.05) is 37.8 Å². The number of alkyl halides is 3. The van der Waals surface area contributed by atoms with Crippen LogP contribution in [0.2, 0.25) is 0 Å². The van der Waals surface area contributed by atoms with E-state index < -0.39 is 23.5 Å². The Morgan fingerprint density at radius 3 is 2.42 bits per heavy atom. The Labute approximate surface area is 215 Å². The maximum atomic E-state index is 14.8. The van der Waals surface area contributed by atoms with Crippen molar-refractivity contribution in [2.75, 3.05) is 49.2 Å². The van der Waals surface area contributed by atoms with Crippen LogP contribution >= 0.6 is 0 Å². The lowest BCUT2D eigenvalue weighted by Crippen LogP contribution is -2.44. The van der Waals surface area contributed by atoms with Crippen LogP contribution in [-0.2, 0) is 6.18 Å². The first-order chi connectivity index (χ1) is 18.1. The number of nitrogens with two attached hydrogens (primary N) is 1. The van der Waals surface area contributed by atoms with Gasteiger partial charge in [-0.25, -0.2) is 14.4 Å². The second-order valence-electron chi connectivity index (χ2n) is 9.17. The van der Waals surface area contributed by atoms with Crippen molar-refractivity contribution in [1.29, 1.82) is 0 Å². The molecule has 0 unspecified atom stereocenters. The fourth-order valence-corrected chi connectivity index (χ4v) is 4.43. The molecule has 196 valence electrons. The first-order valence-corrected chi connectivity index (χ1v) is 11.9. The monoisotopic (exact) mass is 524 g/mol. The molecule has 1 aliphatic heterocycles. The summed E-state index contributed by atoms with van der Waals surface area (Å²) in [4.78, 5) is 25.4. The number of nitrogen functional groups attached to an aromatic ring is 1. The van der Waals surface area contributed by atoms with Gasteiger partial charge >= 0.3 is 6.18 Å². The lowest BCUT2D eigenvalue weighted by atomic mass is 10.0. The topological polar surface area (TPSA) is 87.4 Å². The van der Waals surface area contributed by atoms with Crippen LogP contribution in [0, 0.1) is 5.82 Å². The van der Waals surface area contributed by atoms with Gasteiger partial charge in [0.15, 0.2) is 0 Å². The van der Waals surface area contributed by atoms with Crippen LogP contribution in [0.15, 0.2) is 60.8 Å². The Hall–Kier alpha value is -4.25. The van der Waals surface area contributed by atoms with Gasteiger partial charge in [0.25, 0.3) is 5.91 Å². The number of anilines is 3. The summed E-state index contributed by atoms with van der Waals surface area (Å²) in [6.45, 7) is 2.58. The molecule has 0 aliphatic carbocycles. The molecule has 0 bridgehead atoms. The van der Waals surface area contributed by atoms with Gasteiger partial charge in [-0.05, 0) is 60.6 Å². The zero-order chi connectivity index (χ0) is 27.0. The zero-order valence-corrected chi connectivity index (χ0v) is 20.4. The van der Waals surface area contributed by atoms with E-state index in [9.17, 15) is 22.4 Å². The van der Waals surface area contributed by atoms with Crippen LogP contribution in [0.4, 0.5) is 34.9 Å². The normalized spacial score (nSPS) is 14.6. The van der Waals surface area contributed by atoms with Gasteiger partial charge in [-0.1, -0.05) is 12.1 Å². The largest absolute Gasteiger partial charge is 0.416 e. The second-order valence-corrected chi connectivity index (χ2v) is 9.17. The number of nitrogens with one attached hydrogen (secondary N) is 1. The fraction of sp³-hybridized carbons (Fsp3) is 0.222. The Balaban J connectivity index is 1.48. The lowest BCUT2D eigenvalue weighted by Gasteiger charge is -2.35. The molecule has 2 heterocycles. The van der Waals surface area contributed by atoms with E-state index >= 15 is 0 Å². The average Bonchev–Trinajstić information content (AvgIpc) is 2.88. The van der Waals surface area contributed by atoms with Crippen molar-refractivity contribution in [2.45, 2.75) is 6.18 Å². The minimum absolute atomic E-state index is 0.0281. The average molecular weight is 525 g/mol. The predicted octanol–water partition coefficient (Wildman–Crippen LogP) is 5.04. The summed E-state index contributed by atoms with van der Waals surface area (Å²) in [6, 6.07) is 12.5. The third-order valence-electron chi connectivity index (χ3n) is 6.56. The van der Waals surface area contributed by atoms with E-state index in [1.165, 1.54) is 18.2 Å². The van der Waals surface area contributed by atoms with E-state index in [4.69, 9.17) is 5.73 Å². The molecule has 38 heavy (non-hydrogen) atoms. The van der Waals surface area contributed by atoms with Crippen molar-refractivity contribution < 1.29 is 22.4 Å². The van der Waals surface area contributed by atoms with Gasteiger partial charge in [0.1, 0.15) is 5.82 Å². The molecule has 1 fully saturated rings. The summed E-state index contributed by atoms with van der Waals surface area (Å²) >= 11 is 0. The van der Waals surface area contributed by atoms with Crippen LogP contribution in [0.25, 0.3) is 22.0 Å². The van der Waals surface area contributed by atoms with Crippen molar-refractivity contribution in [3.8, 4) is 11.1 Å². The van der Waals surface area contributed by atoms with E-state index in [2.05, 4.69) is 20.2 Å². The third-order valence-corrected chi connectivity index (χ3v) is 6.56. The van der Waals surface area contributed by atoms with Crippen LogP contribution < -0.4 is 16.0 Å². The smallest absolute Gasteiger partial charge is 0.368 e. The van der Waals surface area contributed by atoms with Gasteiger partial charge in [-0.3, -0.25) is 4.79 Å². The van der Waals surface area contributed by atoms with Crippen LogP contribution in [0.3, 0.4) is 0 Å². The minimum Gasteiger partial charge on any atom is -0.368 e. The lowest BCUT2D eigenvalue weighted by molar-refractivity contribution is -0.137. The standard InChI is InChI=1S/C27H24F4N6O/c1-36-8-10-37(11-9-36)24-7-4-19(27(29,30)31)14-23(24)34-25(38)20-13-17(2-5-21(20)28)16-3-6-22-18(12-16)15-33-26(32)35-22/h2-7,12-15H,8-11H2,1H3,(H,34,38)(H2,32,33,35). The number of likely N-dealkylation sites (N-methyl/N-ethyl adjacent to an activating group) is 1. The fourth-order valence-electron chi connectivity index (χ4n) is 4.43. The molecule has 5 rings (SSSR count). The highest BCUT2D eigenvalue weighted by molar-refractivity contribution is 6.07. The molecular formula is C27H24F4N6O. The molecule has 0 spiro atoms. The first-order valence-electron chi connectivity index (χ1n) is 11.9. The molecule has 0 saturated carbocycles. The summed E-state index contributed by atoms with van der Waals surface area (Å²) < 4.78 is 55.3. The Morgan fingerprint density at radius 2 is 1.68 bits per heavy atom. The molecule has 11 heteroatoms. The van der Waals surface area contributed by atoms with E-state index in [0.717, 1.165) is 18.2 Å². The SMILES string of the molecule is CN1CCN(c2ccc(C(F)(F)F)cc2NC(=O)c2cc(-c3ccc4nc(N)ncc4c3)ccc2F)CC1. The molecule has 3 N–H and O–H groups in total. The summed E-state index contributed by atoms with van der Waals surface area (Å²) in [5.41, 5.74) is 6.70. The quantitative estimate of drug-likeness (QED) is 0.364. The molecule has 7 nitrogen and oxygen atoms in total. The van der Waals surface area contributed by atoms with E-state index in [0.29, 0.717) is 53.9 Å². The molecule has 1 amide bonds. The predicted molar refractivity (Wildman–Crippen MR) is 138 cm³/mol. The number of hydrogen-bond acceptors (Lipinski definition) is 6. The number of aromatic nitrogens is 2. The zero-order valence-electron chi connectivity index (χ0n) is 20.4. The first kappa shape index (κ1) is 25.4. The molecule has 4 aromatic rings. The molecule has 1 aromatic heterocycles. The number of carbonyl (C=O) groups is 1. The Kier molecular flexibility index (Phi) is 6.62. The van der Waals surface area contributed by atoms with Crippen LogP contribution in [-0.4, -0.2) is 54.0 Å². The van der Waals surface area contributed by atoms with Crippen molar-refractivity contribution in [3.05, 3.63) is 77.7 Å². The Bertz CT molecular complexity index is 1520. The number of rotatable bonds is 4. The maximum Gasteiger partial charge on any atom is 0.416 e. The number of amides is 1. The third kappa shape index (κ3) is 5.23. The van der Waals surface area contributed by atoms with Crippen molar-refractivity contribution in [1.82, 2.24) is 14.9 Å². The summed E-state index contributed by atoms with van der Waals surface area (Å²) in [5, 5.41) is 3.24. The molecule has 1 saturated heterocycles. The number of nitrogens with zero attached hydrogens (tertiary/aromatic N) is 4. The summed E-state index contributed by atoms with van der Waals surface area (Å²) in [5.74, 6) is -1.51. The highest BCUT2D eigenvalue weighted by Gasteiger charge is 2.32. The highest BCUT2D eigenvalue weighted by Crippen LogP contribution is 2.36. The molecule has 0 atom stereocenters. The number of fused-ring (bicyclic) bond motifs is 1. The summed E-state index contributed by atoms with van der Waals surface area (Å²) in [7, 11) is 1.96. The minimum atomic E-state index is -4.60. The van der Waals surface area contributed by atoms with E-state index in [1.54, 1.807) is 24.4 Å². The molecule has 0 radical (unpaired) electrons. The number of benzene rings is 3. The number of halogens is 4. The maximum absolute atomic E-state index is 14.8. The van der Waals surface area contributed by atoms with Crippen molar-refractivity contribution in [3.63, 3.8) is 0 Å². The Morgan fingerprint density at radius 1 is 0.974 bits per heavy atom. The van der Waals surface area contributed by atoms with Gasteiger partial charge in [0.2, 0.25) is 5.95 Å². The number of carbonyl (C=O) groups excluding carboxylic acids is 1. The highest BCUT2D eigenvalue weighted by atomic mass is 19.4. The summed E-state index contributed by atoms with van der Waals surface area (Å²) in [6.07, 6.45) is -3.04. The molecule has 1 aliphatic rings. The van der Waals surface area contributed by atoms with Gasteiger partial charge < -0.3 is 20.9 Å². The number of hydrogen-bond donors (Lipinski definition) is 2. The van der Waals surface area contributed by atoms with Crippen LogP contribution in [0.1, 0.15) is 15.9 Å². The van der Waals surface area contributed by atoms with Gasteiger partial charge in [-0.15, -0.1) is 0 Å².